The van der Waals surface area contributed by atoms with Gasteiger partial charge in [-0.2, -0.15) is 0 Å². The molecule has 0 radical (unpaired) electrons. The molecule has 7 heteroatoms. The Kier molecular flexibility index (Phi) is 5.21. The van der Waals surface area contributed by atoms with E-state index in [0.29, 0.717) is 16.8 Å². The summed E-state index contributed by atoms with van der Waals surface area (Å²) in [5, 5.41) is 9.51. The summed E-state index contributed by atoms with van der Waals surface area (Å²) < 4.78 is 1.82. The Bertz CT molecular complexity index is 1000. The fourth-order valence-electron chi connectivity index (χ4n) is 2.82. The standard InChI is InChI=1S/C20H18N4O3/c1-13-3-4-14(2)24(13)18-7-16(5-6-17(18)20(26)27)19(25)11-21-8-15-9-22-12-23-10-15/h3-10,12H,11H2,1-2H3,(H,26,27). The number of hydrogen-bond donors (Lipinski definition) is 1. The van der Waals surface area contributed by atoms with Gasteiger partial charge in [0.1, 0.15) is 12.9 Å². The molecule has 1 N–H and O–H groups in total. The fraction of sp³-hybridized carbons (Fsp3) is 0.150. The van der Waals surface area contributed by atoms with Crippen molar-refractivity contribution in [2.75, 3.05) is 6.54 Å². The summed E-state index contributed by atoms with van der Waals surface area (Å²) in [6.07, 6.45) is 6.14. The lowest BCUT2D eigenvalue weighted by atomic mass is 10.0. The Morgan fingerprint density at radius 3 is 2.41 bits per heavy atom. The molecular weight excluding hydrogens is 344 g/mol. The number of aryl methyl sites for hydroxylation is 2. The van der Waals surface area contributed by atoms with Crippen LogP contribution in [0.5, 0.6) is 0 Å². The first-order valence-corrected chi connectivity index (χ1v) is 8.28. The molecule has 0 aliphatic rings. The van der Waals surface area contributed by atoms with E-state index in [4.69, 9.17) is 0 Å². The van der Waals surface area contributed by atoms with Crippen molar-refractivity contribution in [3.63, 3.8) is 0 Å². The topological polar surface area (TPSA) is 97.4 Å². The average molecular weight is 362 g/mol. The second kappa shape index (κ2) is 7.74. The van der Waals surface area contributed by atoms with Crippen LogP contribution in [0, 0.1) is 13.8 Å². The summed E-state index contributed by atoms with van der Waals surface area (Å²) in [5.74, 6) is -1.25. The highest BCUT2D eigenvalue weighted by Crippen LogP contribution is 2.22. The monoisotopic (exact) mass is 362 g/mol. The van der Waals surface area contributed by atoms with Gasteiger partial charge in [-0.3, -0.25) is 9.79 Å². The molecule has 27 heavy (non-hydrogen) atoms. The molecule has 0 amide bonds. The first-order valence-electron chi connectivity index (χ1n) is 8.28. The van der Waals surface area contributed by atoms with E-state index in [2.05, 4.69) is 15.0 Å². The minimum absolute atomic E-state index is 0.0512. The number of hydrogen-bond acceptors (Lipinski definition) is 5. The van der Waals surface area contributed by atoms with Gasteiger partial charge in [-0.15, -0.1) is 0 Å². The number of aromatic carboxylic acids is 1. The van der Waals surface area contributed by atoms with Crippen LogP contribution in [0.1, 0.15) is 37.7 Å². The zero-order valence-corrected chi connectivity index (χ0v) is 15.0. The third-order valence-electron chi connectivity index (χ3n) is 4.12. The van der Waals surface area contributed by atoms with Crippen LogP contribution in [0.2, 0.25) is 0 Å². The Balaban J connectivity index is 1.90. The van der Waals surface area contributed by atoms with Gasteiger partial charge in [-0.1, -0.05) is 6.07 Å². The number of aromatic nitrogens is 3. The maximum Gasteiger partial charge on any atom is 0.337 e. The number of benzene rings is 1. The molecule has 0 saturated heterocycles. The SMILES string of the molecule is Cc1ccc(C)n1-c1cc(C(=O)CN=Cc2cncnc2)ccc1C(=O)O. The molecule has 0 fully saturated rings. The third-order valence-corrected chi connectivity index (χ3v) is 4.12. The van der Waals surface area contributed by atoms with Gasteiger partial charge in [0.15, 0.2) is 5.78 Å². The first kappa shape index (κ1) is 18.2. The molecule has 3 aromatic rings. The van der Waals surface area contributed by atoms with Crippen molar-refractivity contribution < 1.29 is 14.7 Å². The van der Waals surface area contributed by atoms with E-state index in [-0.39, 0.29) is 17.9 Å². The van der Waals surface area contributed by atoms with Gasteiger partial charge in [-0.25, -0.2) is 14.8 Å². The summed E-state index contributed by atoms with van der Waals surface area (Å²) in [4.78, 5) is 36.0. The molecule has 1 aromatic carbocycles. The molecule has 3 rings (SSSR count). The Hall–Kier alpha value is -3.61. The van der Waals surface area contributed by atoms with Crippen molar-refractivity contribution >= 4 is 18.0 Å². The summed E-state index contributed by atoms with van der Waals surface area (Å²) >= 11 is 0. The fourth-order valence-corrected chi connectivity index (χ4v) is 2.82. The number of aliphatic imine (C=N–C) groups is 1. The molecule has 2 heterocycles. The second-order valence-corrected chi connectivity index (χ2v) is 6.05. The van der Waals surface area contributed by atoms with Gasteiger partial charge in [-0.05, 0) is 38.1 Å². The highest BCUT2D eigenvalue weighted by atomic mass is 16.4. The zero-order valence-electron chi connectivity index (χ0n) is 15.0. The molecule has 0 unspecified atom stereocenters. The van der Waals surface area contributed by atoms with Crippen LogP contribution in [-0.4, -0.2) is 44.2 Å². The molecular formula is C20H18N4O3. The maximum absolute atomic E-state index is 12.5. The van der Waals surface area contributed by atoms with Crippen molar-refractivity contribution in [1.29, 1.82) is 0 Å². The molecule has 0 aliphatic heterocycles. The van der Waals surface area contributed by atoms with E-state index in [1.165, 1.54) is 24.7 Å². The minimum Gasteiger partial charge on any atom is -0.478 e. The predicted octanol–water partition coefficient (Wildman–Crippen LogP) is 2.88. The summed E-state index contributed by atoms with van der Waals surface area (Å²) in [5.41, 5.74) is 3.49. The maximum atomic E-state index is 12.5. The van der Waals surface area contributed by atoms with E-state index < -0.39 is 5.97 Å². The van der Waals surface area contributed by atoms with E-state index in [0.717, 1.165) is 11.4 Å². The number of rotatable bonds is 6. The van der Waals surface area contributed by atoms with Crippen molar-refractivity contribution in [3.8, 4) is 5.69 Å². The van der Waals surface area contributed by atoms with E-state index in [1.807, 2.05) is 30.5 Å². The average Bonchev–Trinajstić information content (AvgIpc) is 3.00. The van der Waals surface area contributed by atoms with Crippen LogP contribution in [-0.2, 0) is 0 Å². The van der Waals surface area contributed by atoms with Crippen LogP contribution in [0.3, 0.4) is 0 Å². The van der Waals surface area contributed by atoms with Crippen molar-refractivity contribution in [2.24, 2.45) is 4.99 Å². The summed E-state index contributed by atoms with van der Waals surface area (Å²) in [6, 6.07) is 8.39. The first-order chi connectivity index (χ1) is 13.0. The smallest absolute Gasteiger partial charge is 0.337 e. The molecule has 7 nitrogen and oxygen atoms in total. The Morgan fingerprint density at radius 1 is 1.11 bits per heavy atom. The molecule has 136 valence electrons. The Labute approximate surface area is 156 Å². The van der Waals surface area contributed by atoms with Crippen molar-refractivity contribution in [3.05, 3.63) is 77.1 Å². The molecule has 0 saturated carbocycles. The van der Waals surface area contributed by atoms with Gasteiger partial charge in [0.25, 0.3) is 0 Å². The quantitative estimate of drug-likeness (QED) is 0.537. The van der Waals surface area contributed by atoms with Crippen LogP contribution < -0.4 is 0 Å². The van der Waals surface area contributed by atoms with Gasteiger partial charge in [0.2, 0.25) is 0 Å². The molecule has 0 atom stereocenters. The molecule has 2 aromatic heterocycles. The normalized spacial score (nSPS) is 11.0. The highest BCUT2D eigenvalue weighted by Gasteiger charge is 2.17. The lowest BCUT2D eigenvalue weighted by molar-refractivity contribution is 0.0696. The lowest BCUT2D eigenvalue weighted by Gasteiger charge is -2.14. The van der Waals surface area contributed by atoms with Gasteiger partial charge >= 0.3 is 5.97 Å². The third kappa shape index (κ3) is 3.98. The van der Waals surface area contributed by atoms with Crippen LogP contribution >= 0.6 is 0 Å². The number of carbonyl (C=O) groups excluding carboxylic acids is 1. The van der Waals surface area contributed by atoms with Crippen molar-refractivity contribution in [2.45, 2.75) is 13.8 Å². The predicted molar refractivity (Wildman–Crippen MR) is 101 cm³/mol. The second-order valence-electron chi connectivity index (χ2n) is 6.05. The number of ketones is 1. The van der Waals surface area contributed by atoms with Gasteiger partial charge < -0.3 is 9.67 Å². The van der Waals surface area contributed by atoms with E-state index >= 15 is 0 Å². The van der Waals surface area contributed by atoms with Crippen LogP contribution in [0.4, 0.5) is 0 Å². The molecule has 0 bridgehead atoms. The van der Waals surface area contributed by atoms with E-state index in [9.17, 15) is 14.7 Å². The molecule has 0 aliphatic carbocycles. The number of carboxylic acids is 1. The number of carbonyl (C=O) groups is 2. The number of carboxylic acid groups (broad SMARTS) is 1. The summed E-state index contributed by atoms with van der Waals surface area (Å²) in [6.45, 7) is 3.73. The Morgan fingerprint density at radius 2 is 1.78 bits per heavy atom. The number of nitrogens with zero attached hydrogens (tertiary/aromatic N) is 4. The van der Waals surface area contributed by atoms with E-state index in [1.54, 1.807) is 18.5 Å². The van der Waals surface area contributed by atoms with Crippen molar-refractivity contribution in [1.82, 2.24) is 14.5 Å². The zero-order chi connectivity index (χ0) is 19.4. The largest absolute Gasteiger partial charge is 0.478 e. The summed E-state index contributed by atoms with van der Waals surface area (Å²) in [7, 11) is 0. The van der Waals surface area contributed by atoms with Gasteiger partial charge in [0.05, 0.1) is 11.3 Å². The molecule has 0 spiro atoms. The van der Waals surface area contributed by atoms with Crippen LogP contribution in [0.25, 0.3) is 5.69 Å². The lowest BCUT2D eigenvalue weighted by Crippen LogP contribution is -2.11. The number of Topliss-reactive ketones (excluding diaryl/α,β-unsaturated/α-hetero) is 1. The minimum atomic E-state index is -1.04. The van der Waals surface area contributed by atoms with Crippen LogP contribution in [0.15, 0.2) is 54.0 Å². The van der Waals surface area contributed by atoms with Gasteiger partial charge in [0, 0.05) is 41.1 Å². The highest BCUT2D eigenvalue weighted by molar-refractivity contribution is 6.01.